The van der Waals surface area contributed by atoms with Crippen molar-refractivity contribution in [3.05, 3.63) is 10.6 Å². The highest BCUT2D eigenvalue weighted by atomic mass is 32.2. The first kappa shape index (κ1) is 15.8. The van der Waals surface area contributed by atoms with Gasteiger partial charge in [-0.3, -0.25) is 0 Å². The van der Waals surface area contributed by atoms with Gasteiger partial charge in [0.1, 0.15) is 0 Å². The van der Waals surface area contributed by atoms with Gasteiger partial charge in [0.2, 0.25) is 0 Å². The Morgan fingerprint density at radius 2 is 2.06 bits per heavy atom. The van der Waals surface area contributed by atoms with Crippen LogP contribution in [-0.4, -0.2) is 37.1 Å². The number of thiazole rings is 1. The zero-order valence-electron chi connectivity index (χ0n) is 12.3. The van der Waals surface area contributed by atoms with Gasteiger partial charge in [0.15, 0.2) is 5.13 Å². The van der Waals surface area contributed by atoms with Gasteiger partial charge in [-0.25, -0.2) is 4.98 Å². The summed E-state index contributed by atoms with van der Waals surface area (Å²) in [7, 11) is 4.14. The number of nitrogens with one attached hydrogen (secondary N) is 1. The van der Waals surface area contributed by atoms with Gasteiger partial charge in [0.05, 0.1) is 5.69 Å². The summed E-state index contributed by atoms with van der Waals surface area (Å²) in [5.41, 5.74) is 1.24. The Morgan fingerprint density at radius 3 is 2.56 bits per heavy atom. The number of thioether (sulfide) groups is 1. The fraction of sp³-hybridized carbons (Fsp3) is 0.769. The summed E-state index contributed by atoms with van der Waals surface area (Å²) < 4.78 is 0. The molecule has 0 aromatic carbocycles. The van der Waals surface area contributed by atoms with E-state index >= 15 is 0 Å². The molecule has 1 heterocycles. The summed E-state index contributed by atoms with van der Waals surface area (Å²) in [4.78, 5) is 8.49. The Labute approximate surface area is 119 Å². The lowest BCUT2D eigenvalue weighted by atomic mass is 10.1. The van der Waals surface area contributed by atoms with Crippen LogP contribution in [0.4, 0.5) is 5.13 Å². The van der Waals surface area contributed by atoms with Crippen LogP contribution in [0.15, 0.2) is 0 Å². The molecule has 0 bridgehead atoms. The number of aromatic nitrogens is 1. The van der Waals surface area contributed by atoms with Crippen molar-refractivity contribution < 1.29 is 0 Å². The third-order valence-electron chi connectivity index (χ3n) is 2.97. The summed E-state index contributed by atoms with van der Waals surface area (Å²) in [5, 5.41) is 4.38. The topological polar surface area (TPSA) is 28.2 Å². The molecule has 1 rings (SSSR count). The summed E-state index contributed by atoms with van der Waals surface area (Å²) in [6.45, 7) is 7.59. The Morgan fingerprint density at radius 1 is 1.39 bits per heavy atom. The van der Waals surface area contributed by atoms with Gasteiger partial charge in [-0.2, -0.15) is 11.8 Å². The lowest BCUT2D eigenvalue weighted by Crippen LogP contribution is -2.30. The van der Waals surface area contributed by atoms with Crippen LogP contribution in [0.3, 0.4) is 0 Å². The van der Waals surface area contributed by atoms with Crippen molar-refractivity contribution in [2.45, 2.75) is 39.3 Å². The van der Waals surface area contributed by atoms with Crippen molar-refractivity contribution in [1.82, 2.24) is 10.3 Å². The molecular formula is C13H25N3S2. The molecule has 0 aliphatic heterocycles. The zero-order valence-corrected chi connectivity index (χ0v) is 13.9. The molecule has 0 fully saturated rings. The van der Waals surface area contributed by atoms with E-state index in [1.807, 2.05) is 30.1 Å². The molecule has 0 aliphatic carbocycles. The molecule has 1 aromatic heterocycles. The van der Waals surface area contributed by atoms with Crippen LogP contribution in [0.25, 0.3) is 0 Å². The first-order valence-corrected chi connectivity index (χ1v) is 8.58. The maximum absolute atomic E-state index is 4.83. The Balaban J connectivity index is 2.92. The quantitative estimate of drug-likeness (QED) is 0.834. The van der Waals surface area contributed by atoms with Crippen LogP contribution >= 0.6 is 23.1 Å². The molecule has 1 N–H and O–H groups in total. The average molecular weight is 287 g/mol. The second-order valence-electron chi connectivity index (χ2n) is 4.91. The highest BCUT2D eigenvalue weighted by molar-refractivity contribution is 7.98. The largest absolute Gasteiger partial charge is 0.348 e. The first-order chi connectivity index (χ1) is 8.51. The molecule has 3 nitrogen and oxygen atoms in total. The third kappa shape index (κ3) is 3.87. The van der Waals surface area contributed by atoms with Crippen molar-refractivity contribution in [2.24, 2.45) is 0 Å². The standard InChI is InChI=1S/C13H25N3S2/c1-9(2)12-11(7-14-4)18-13(15-12)16(5)10(3)8-17-6/h9-10,14H,7-8H2,1-6H3. The van der Waals surface area contributed by atoms with Crippen LogP contribution < -0.4 is 10.2 Å². The Hall–Kier alpha value is -0.260. The van der Waals surface area contributed by atoms with Crippen LogP contribution in [0.5, 0.6) is 0 Å². The highest BCUT2D eigenvalue weighted by Crippen LogP contribution is 2.31. The van der Waals surface area contributed by atoms with Crippen molar-refractivity contribution in [3.8, 4) is 0 Å². The van der Waals surface area contributed by atoms with Gasteiger partial charge in [-0.05, 0) is 26.1 Å². The minimum Gasteiger partial charge on any atom is -0.348 e. The molecule has 104 valence electrons. The summed E-state index contributed by atoms with van der Waals surface area (Å²) in [6.07, 6.45) is 2.15. The van der Waals surface area contributed by atoms with E-state index in [2.05, 4.69) is 44.3 Å². The second kappa shape index (κ2) is 7.36. The highest BCUT2D eigenvalue weighted by Gasteiger charge is 2.18. The lowest BCUT2D eigenvalue weighted by molar-refractivity contribution is 0.745. The van der Waals surface area contributed by atoms with Crippen LogP contribution in [0, 0.1) is 0 Å². The van der Waals surface area contributed by atoms with E-state index in [1.165, 1.54) is 10.6 Å². The predicted molar refractivity (Wildman–Crippen MR) is 85.2 cm³/mol. The third-order valence-corrected chi connectivity index (χ3v) is 4.95. The molecule has 1 unspecified atom stereocenters. The number of nitrogens with zero attached hydrogens (tertiary/aromatic N) is 2. The summed E-state index contributed by atoms with van der Waals surface area (Å²) in [6, 6.07) is 0.522. The minimum atomic E-state index is 0.489. The smallest absolute Gasteiger partial charge is 0.185 e. The maximum atomic E-state index is 4.83. The van der Waals surface area contributed by atoms with Crippen molar-refractivity contribution >= 4 is 28.2 Å². The van der Waals surface area contributed by atoms with E-state index in [4.69, 9.17) is 4.98 Å². The summed E-state index contributed by atoms with van der Waals surface area (Å²) in [5.74, 6) is 1.62. The van der Waals surface area contributed by atoms with E-state index in [0.717, 1.165) is 17.4 Å². The second-order valence-corrected chi connectivity index (χ2v) is 6.88. The molecule has 0 saturated heterocycles. The van der Waals surface area contributed by atoms with Crippen molar-refractivity contribution in [2.75, 3.05) is 31.0 Å². The van der Waals surface area contributed by atoms with E-state index in [-0.39, 0.29) is 0 Å². The molecule has 0 aliphatic rings. The van der Waals surface area contributed by atoms with Gasteiger partial charge in [0, 0.05) is 30.3 Å². The SMILES string of the molecule is CNCc1sc(N(C)C(C)CSC)nc1C(C)C. The lowest BCUT2D eigenvalue weighted by Gasteiger charge is -2.23. The van der Waals surface area contributed by atoms with Crippen LogP contribution in [0.1, 0.15) is 37.3 Å². The van der Waals surface area contributed by atoms with Gasteiger partial charge in [-0.15, -0.1) is 11.3 Å². The van der Waals surface area contributed by atoms with E-state index in [9.17, 15) is 0 Å². The van der Waals surface area contributed by atoms with E-state index < -0.39 is 0 Å². The van der Waals surface area contributed by atoms with Gasteiger partial charge < -0.3 is 10.2 Å². The van der Waals surface area contributed by atoms with Gasteiger partial charge in [-0.1, -0.05) is 13.8 Å². The Bertz CT molecular complexity index is 363. The van der Waals surface area contributed by atoms with E-state index in [0.29, 0.717) is 12.0 Å². The molecular weight excluding hydrogens is 262 g/mol. The van der Waals surface area contributed by atoms with Crippen molar-refractivity contribution in [1.29, 1.82) is 0 Å². The number of hydrogen-bond donors (Lipinski definition) is 1. The number of hydrogen-bond acceptors (Lipinski definition) is 5. The molecule has 18 heavy (non-hydrogen) atoms. The number of anilines is 1. The van der Waals surface area contributed by atoms with Crippen LogP contribution in [-0.2, 0) is 6.54 Å². The molecule has 0 amide bonds. The molecule has 0 spiro atoms. The molecule has 1 atom stereocenters. The fourth-order valence-corrected chi connectivity index (χ4v) is 3.78. The maximum Gasteiger partial charge on any atom is 0.185 e. The van der Waals surface area contributed by atoms with E-state index in [1.54, 1.807) is 0 Å². The van der Waals surface area contributed by atoms with Crippen molar-refractivity contribution in [3.63, 3.8) is 0 Å². The molecule has 0 saturated carbocycles. The molecule has 1 aromatic rings. The summed E-state index contributed by atoms with van der Waals surface area (Å²) >= 11 is 3.70. The average Bonchev–Trinajstić information content (AvgIpc) is 2.73. The molecule has 0 radical (unpaired) electrons. The normalized spacial score (nSPS) is 13.1. The first-order valence-electron chi connectivity index (χ1n) is 6.37. The minimum absolute atomic E-state index is 0.489. The molecule has 5 heteroatoms. The Kier molecular flexibility index (Phi) is 6.46. The zero-order chi connectivity index (χ0) is 13.7. The van der Waals surface area contributed by atoms with Gasteiger partial charge in [0.25, 0.3) is 0 Å². The predicted octanol–water partition coefficient (Wildman–Crippen LogP) is 3.17. The van der Waals surface area contributed by atoms with Gasteiger partial charge >= 0.3 is 0 Å². The number of rotatable bonds is 7. The monoisotopic (exact) mass is 287 g/mol. The van der Waals surface area contributed by atoms with Crippen LogP contribution in [0.2, 0.25) is 0 Å². The fourth-order valence-electron chi connectivity index (χ4n) is 1.78.